The monoisotopic (exact) mass is 246 g/mol. The minimum Gasteiger partial charge on any atom is -0.399 e. The maximum Gasteiger partial charge on any atom is 0.0733 e. The molecule has 1 atom stereocenters. The van der Waals surface area contributed by atoms with Crippen molar-refractivity contribution < 1.29 is 0 Å². The third kappa shape index (κ3) is 2.72. The number of anilines is 1. The molecule has 1 aromatic carbocycles. The Kier molecular flexibility index (Phi) is 3.57. The molecule has 17 heavy (non-hydrogen) atoms. The third-order valence-corrected chi connectivity index (χ3v) is 4.50. The van der Waals surface area contributed by atoms with E-state index < -0.39 is 0 Å². The Labute approximate surface area is 107 Å². The van der Waals surface area contributed by atoms with Gasteiger partial charge in [-0.2, -0.15) is 0 Å². The van der Waals surface area contributed by atoms with E-state index >= 15 is 0 Å². The summed E-state index contributed by atoms with van der Waals surface area (Å²) in [4.78, 5) is 5.65. The smallest absolute Gasteiger partial charge is 0.0733 e. The lowest BCUT2D eigenvalue weighted by Gasteiger charge is -2.16. The van der Waals surface area contributed by atoms with Gasteiger partial charge >= 0.3 is 0 Å². The highest BCUT2D eigenvalue weighted by molar-refractivity contribution is 8.00. The summed E-state index contributed by atoms with van der Waals surface area (Å²) >= 11 is 1.91. The number of hydrogen-bond donors (Lipinski definition) is 1. The number of hydrogen-bond acceptors (Lipinski definition) is 3. The van der Waals surface area contributed by atoms with Crippen molar-refractivity contribution in [3.8, 4) is 0 Å². The lowest BCUT2D eigenvalue weighted by atomic mass is 10.2. The summed E-state index contributed by atoms with van der Waals surface area (Å²) in [7, 11) is 0. The molecular formula is C14H18N2S. The van der Waals surface area contributed by atoms with Gasteiger partial charge < -0.3 is 5.73 Å². The van der Waals surface area contributed by atoms with Gasteiger partial charge in [-0.15, -0.1) is 11.8 Å². The number of aromatic nitrogens is 1. The maximum atomic E-state index is 5.78. The van der Waals surface area contributed by atoms with Gasteiger partial charge in [-0.3, -0.25) is 4.98 Å². The third-order valence-electron chi connectivity index (χ3n) is 2.98. The van der Waals surface area contributed by atoms with Crippen LogP contribution in [0.4, 0.5) is 5.69 Å². The fraction of sp³-hybridized carbons (Fsp3) is 0.357. The Hall–Kier alpha value is -1.22. The SMILES string of the molecule is CC(C)C(C)Sc1ccnc2cc(N)ccc12. The molecule has 1 heterocycles. The van der Waals surface area contributed by atoms with Crippen LogP contribution in [0.25, 0.3) is 10.9 Å². The van der Waals surface area contributed by atoms with Gasteiger partial charge in [0.1, 0.15) is 0 Å². The van der Waals surface area contributed by atoms with E-state index in [9.17, 15) is 0 Å². The van der Waals surface area contributed by atoms with E-state index in [1.54, 1.807) is 0 Å². The molecule has 0 bridgehead atoms. The molecule has 2 N–H and O–H groups in total. The Morgan fingerprint density at radius 3 is 2.65 bits per heavy atom. The lowest BCUT2D eigenvalue weighted by Crippen LogP contribution is -2.05. The minimum atomic E-state index is 0.596. The van der Waals surface area contributed by atoms with Crippen molar-refractivity contribution in [3.05, 3.63) is 30.5 Å². The van der Waals surface area contributed by atoms with Gasteiger partial charge in [0.25, 0.3) is 0 Å². The molecule has 2 nitrogen and oxygen atoms in total. The zero-order chi connectivity index (χ0) is 12.4. The highest BCUT2D eigenvalue weighted by Gasteiger charge is 2.11. The van der Waals surface area contributed by atoms with Crippen LogP contribution in [0, 0.1) is 5.92 Å². The number of nitrogens with zero attached hydrogens (tertiary/aromatic N) is 1. The fourth-order valence-electron chi connectivity index (χ4n) is 1.58. The molecule has 0 amide bonds. The summed E-state index contributed by atoms with van der Waals surface area (Å²) in [6.45, 7) is 6.76. The Morgan fingerprint density at radius 1 is 1.18 bits per heavy atom. The molecule has 0 saturated heterocycles. The summed E-state index contributed by atoms with van der Waals surface area (Å²) in [6, 6.07) is 8.02. The van der Waals surface area contributed by atoms with E-state index in [1.165, 1.54) is 10.3 Å². The second kappa shape index (κ2) is 4.96. The van der Waals surface area contributed by atoms with Crippen LogP contribution in [-0.2, 0) is 0 Å². The van der Waals surface area contributed by atoms with Crippen LogP contribution in [-0.4, -0.2) is 10.2 Å². The highest BCUT2D eigenvalue weighted by atomic mass is 32.2. The summed E-state index contributed by atoms with van der Waals surface area (Å²) < 4.78 is 0. The highest BCUT2D eigenvalue weighted by Crippen LogP contribution is 2.33. The van der Waals surface area contributed by atoms with Crippen molar-refractivity contribution in [2.24, 2.45) is 5.92 Å². The van der Waals surface area contributed by atoms with Crippen molar-refractivity contribution >= 4 is 28.4 Å². The van der Waals surface area contributed by atoms with E-state index in [2.05, 4.69) is 37.9 Å². The quantitative estimate of drug-likeness (QED) is 0.658. The summed E-state index contributed by atoms with van der Waals surface area (Å²) in [5.74, 6) is 0.664. The fourth-order valence-corrected chi connectivity index (χ4v) is 2.69. The molecule has 0 saturated carbocycles. The van der Waals surface area contributed by atoms with Crippen LogP contribution in [0.3, 0.4) is 0 Å². The van der Waals surface area contributed by atoms with Crippen molar-refractivity contribution in [1.29, 1.82) is 0 Å². The van der Waals surface area contributed by atoms with Crippen molar-refractivity contribution in [3.63, 3.8) is 0 Å². The summed E-state index contributed by atoms with van der Waals surface area (Å²) in [5, 5.41) is 1.79. The molecule has 1 aromatic heterocycles. The van der Waals surface area contributed by atoms with Crippen LogP contribution in [0.15, 0.2) is 35.4 Å². The summed E-state index contributed by atoms with van der Waals surface area (Å²) in [5.41, 5.74) is 7.52. The number of nitrogen functional groups attached to an aromatic ring is 1. The van der Waals surface area contributed by atoms with Crippen LogP contribution < -0.4 is 5.73 Å². The Balaban J connectivity index is 2.41. The first-order valence-electron chi connectivity index (χ1n) is 5.89. The van der Waals surface area contributed by atoms with Crippen molar-refractivity contribution in [2.75, 3.05) is 5.73 Å². The van der Waals surface area contributed by atoms with Crippen molar-refractivity contribution in [1.82, 2.24) is 4.98 Å². The number of pyridine rings is 1. The first kappa shape index (κ1) is 12.2. The van der Waals surface area contributed by atoms with Gasteiger partial charge in [0.2, 0.25) is 0 Å². The van der Waals surface area contributed by atoms with Crippen LogP contribution >= 0.6 is 11.8 Å². The summed E-state index contributed by atoms with van der Waals surface area (Å²) in [6.07, 6.45) is 1.86. The predicted octanol–water partition coefficient (Wildman–Crippen LogP) is 3.95. The van der Waals surface area contributed by atoms with Crippen molar-refractivity contribution in [2.45, 2.75) is 30.9 Å². The number of rotatable bonds is 3. The molecule has 0 aliphatic heterocycles. The second-order valence-electron chi connectivity index (χ2n) is 4.65. The molecule has 2 rings (SSSR count). The van der Waals surface area contributed by atoms with Gasteiger partial charge in [0.15, 0.2) is 0 Å². The van der Waals surface area contributed by atoms with E-state index in [-0.39, 0.29) is 0 Å². The number of benzene rings is 1. The number of nitrogens with two attached hydrogens (primary N) is 1. The predicted molar refractivity (Wildman–Crippen MR) is 76.3 cm³/mol. The molecular weight excluding hydrogens is 228 g/mol. The molecule has 0 radical (unpaired) electrons. The second-order valence-corrected chi connectivity index (χ2v) is 6.07. The number of thioether (sulfide) groups is 1. The standard InChI is InChI=1S/C14H18N2S/c1-9(2)10(3)17-14-6-7-16-13-8-11(15)4-5-12(13)14/h4-10H,15H2,1-3H3. The number of fused-ring (bicyclic) bond motifs is 1. The van der Waals surface area contributed by atoms with Gasteiger partial charge in [-0.05, 0) is 30.2 Å². The van der Waals surface area contributed by atoms with E-state index in [0.717, 1.165) is 11.2 Å². The van der Waals surface area contributed by atoms with E-state index in [0.29, 0.717) is 11.2 Å². The molecule has 0 aliphatic rings. The van der Waals surface area contributed by atoms with Gasteiger partial charge in [0.05, 0.1) is 5.52 Å². The van der Waals surface area contributed by atoms with E-state index in [4.69, 9.17) is 5.73 Å². The zero-order valence-corrected chi connectivity index (χ0v) is 11.3. The first-order chi connectivity index (χ1) is 8.08. The molecule has 0 fully saturated rings. The van der Waals surface area contributed by atoms with Crippen LogP contribution in [0.1, 0.15) is 20.8 Å². The van der Waals surface area contributed by atoms with Gasteiger partial charge in [-0.1, -0.05) is 20.8 Å². The minimum absolute atomic E-state index is 0.596. The molecule has 0 spiro atoms. The molecule has 2 aromatic rings. The first-order valence-corrected chi connectivity index (χ1v) is 6.77. The van der Waals surface area contributed by atoms with Gasteiger partial charge in [0, 0.05) is 27.4 Å². The maximum absolute atomic E-state index is 5.78. The average Bonchev–Trinajstić information content (AvgIpc) is 2.28. The molecule has 0 aliphatic carbocycles. The van der Waals surface area contributed by atoms with Gasteiger partial charge in [-0.25, -0.2) is 0 Å². The largest absolute Gasteiger partial charge is 0.399 e. The normalized spacial score (nSPS) is 13.2. The topological polar surface area (TPSA) is 38.9 Å². The van der Waals surface area contributed by atoms with E-state index in [1.807, 2.05) is 30.1 Å². The average molecular weight is 246 g/mol. The lowest BCUT2D eigenvalue weighted by molar-refractivity contribution is 0.642. The van der Waals surface area contributed by atoms with Crippen LogP contribution in [0.2, 0.25) is 0 Å². The Bertz CT molecular complexity index is 523. The zero-order valence-electron chi connectivity index (χ0n) is 10.5. The molecule has 1 unspecified atom stereocenters. The molecule has 90 valence electrons. The molecule has 3 heteroatoms. The Morgan fingerprint density at radius 2 is 1.94 bits per heavy atom. The van der Waals surface area contributed by atoms with Crippen LogP contribution in [0.5, 0.6) is 0 Å².